The summed E-state index contributed by atoms with van der Waals surface area (Å²) in [5, 5.41) is 14.5. The number of aliphatic hydroxyl groups is 1. The highest BCUT2D eigenvalue weighted by Crippen LogP contribution is 2.28. The summed E-state index contributed by atoms with van der Waals surface area (Å²) in [6.45, 7) is 0. The summed E-state index contributed by atoms with van der Waals surface area (Å²) in [5.74, 6) is -1.61. The van der Waals surface area contributed by atoms with Gasteiger partial charge in [-0.25, -0.2) is 4.79 Å². The number of carbonyl (C=O) groups excluding carboxylic acids is 2. The van der Waals surface area contributed by atoms with Crippen molar-refractivity contribution in [3.8, 4) is 0 Å². The molecule has 0 spiro atoms. The lowest BCUT2D eigenvalue weighted by Crippen LogP contribution is -2.55. The molecule has 1 heterocycles. The van der Waals surface area contributed by atoms with Gasteiger partial charge in [0, 0.05) is 17.3 Å². The standard InChI is InChI=1S/C20H18Cl2N2O4/c1-28-19(26)20(27,8-7-12-5-3-2-4-6-12)24-18(25)17-10-13-9-14(21)15(22)11-16(13)23-17/h2-6,9-11,23,27H,7-8H2,1H3,(H,24,25)/t20-/m1/s1. The van der Waals surface area contributed by atoms with E-state index in [0.717, 1.165) is 12.7 Å². The number of H-pyrrole nitrogens is 1. The first-order chi connectivity index (χ1) is 13.3. The van der Waals surface area contributed by atoms with Gasteiger partial charge in [-0.05, 0) is 30.2 Å². The summed E-state index contributed by atoms with van der Waals surface area (Å²) in [4.78, 5) is 27.7. The van der Waals surface area contributed by atoms with Crippen molar-refractivity contribution in [3.63, 3.8) is 0 Å². The van der Waals surface area contributed by atoms with Crippen molar-refractivity contribution < 1.29 is 19.4 Å². The van der Waals surface area contributed by atoms with Gasteiger partial charge < -0.3 is 20.1 Å². The molecule has 146 valence electrons. The molecule has 28 heavy (non-hydrogen) atoms. The van der Waals surface area contributed by atoms with E-state index in [2.05, 4.69) is 15.0 Å². The van der Waals surface area contributed by atoms with E-state index < -0.39 is 17.6 Å². The smallest absolute Gasteiger partial charge is 0.359 e. The average Bonchev–Trinajstić information content (AvgIpc) is 3.09. The predicted octanol–water partition coefficient (Wildman–Crippen LogP) is 3.70. The van der Waals surface area contributed by atoms with Gasteiger partial charge in [0.05, 0.1) is 17.2 Å². The summed E-state index contributed by atoms with van der Waals surface area (Å²) >= 11 is 12.0. The predicted molar refractivity (Wildman–Crippen MR) is 108 cm³/mol. The summed E-state index contributed by atoms with van der Waals surface area (Å²) < 4.78 is 4.68. The van der Waals surface area contributed by atoms with E-state index in [9.17, 15) is 14.7 Å². The molecule has 1 aromatic heterocycles. The van der Waals surface area contributed by atoms with Crippen LogP contribution in [0, 0.1) is 0 Å². The van der Waals surface area contributed by atoms with E-state index in [1.807, 2.05) is 30.3 Å². The zero-order chi connectivity index (χ0) is 20.3. The SMILES string of the molecule is COC(=O)[C@](O)(CCc1ccccc1)NC(=O)c1cc2cc(Cl)c(Cl)cc2[nH]1. The molecule has 0 aliphatic carbocycles. The molecule has 3 N–H and O–H groups in total. The number of carbonyl (C=O) groups is 2. The molecule has 0 bridgehead atoms. The number of hydrogen-bond donors (Lipinski definition) is 3. The van der Waals surface area contributed by atoms with Crippen molar-refractivity contribution in [1.82, 2.24) is 10.3 Å². The number of amides is 1. The van der Waals surface area contributed by atoms with E-state index in [0.29, 0.717) is 27.4 Å². The van der Waals surface area contributed by atoms with Crippen molar-refractivity contribution in [2.45, 2.75) is 18.6 Å². The van der Waals surface area contributed by atoms with Crippen LogP contribution in [-0.4, -0.2) is 34.8 Å². The number of methoxy groups -OCH3 is 1. The molecule has 0 fully saturated rings. The molecule has 0 aliphatic rings. The molecule has 0 saturated heterocycles. The molecule has 0 saturated carbocycles. The van der Waals surface area contributed by atoms with Gasteiger partial charge in [-0.2, -0.15) is 0 Å². The van der Waals surface area contributed by atoms with Crippen LogP contribution in [0.15, 0.2) is 48.5 Å². The Morgan fingerprint density at radius 2 is 1.82 bits per heavy atom. The Bertz CT molecular complexity index is 981. The molecule has 2 aromatic carbocycles. The third kappa shape index (κ3) is 4.30. The maximum absolute atomic E-state index is 12.7. The number of hydrogen-bond acceptors (Lipinski definition) is 4. The second kappa shape index (κ2) is 8.22. The third-order valence-electron chi connectivity index (χ3n) is 4.37. The molecule has 1 atom stereocenters. The Balaban J connectivity index is 1.81. The maximum atomic E-state index is 12.7. The highest BCUT2D eigenvalue weighted by atomic mass is 35.5. The van der Waals surface area contributed by atoms with Crippen LogP contribution >= 0.6 is 23.2 Å². The van der Waals surface area contributed by atoms with Crippen molar-refractivity contribution in [2.75, 3.05) is 7.11 Å². The Hall–Kier alpha value is -2.54. The summed E-state index contributed by atoms with van der Waals surface area (Å²) in [6.07, 6.45) is 0.317. The lowest BCUT2D eigenvalue weighted by atomic mass is 10.0. The first-order valence-corrected chi connectivity index (χ1v) is 9.23. The molecule has 1 amide bonds. The number of benzene rings is 2. The lowest BCUT2D eigenvalue weighted by Gasteiger charge is -2.26. The van der Waals surface area contributed by atoms with Gasteiger partial charge in [-0.1, -0.05) is 53.5 Å². The Kier molecular flexibility index (Phi) is 5.93. The normalized spacial score (nSPS) is 13.1. The molecule has 0 unspecified atom stereocenters. The fourth-order valence-corrected chi connectivity index (χ4v) is 3.19. The Labute approximate surface area is 171 Å². The molecule has 3 aromatic rings. The molecule has 6 nitrogen and oxygen atoms in total. The molecular formula is C20H18Cl2N2O4. The highest BCUT2D eigenvalue weighted by Gasteiger charge is 2.39. The van der Waals surface area contributed by atoms with E-state index >= 15 is 0 Å². The first-order valence-electron chi connectivity index (χ1n) is 8.47. The second-order valence-corrected chi connectivity index (χ2v) is 7.14. The lowest BCUT2D eigenvalue weighted by molar-refractivity contribution is -0.165. The van der Waals surface area contributed by atoms with Gasteiger partial charge in [0.1, 0.15) is 5.69 Å². The number of fused-ring (bicyclic) bond motifs is 1. The molecule has 8 heteroatoms. The van der Waals surface area contributed by atoms with Crippen LogP contribution in [0.3, 0.4) is 0 Å². The largest absolute Gasteiger partial charge is 0.465 e. The van der Waals surface area contributed by atoms with Gasteiger partial charge >= 0.3 is 5.97 Å². The minimum absolute atomic E-state index is 0.0483. The van der Waals surface area contributed by atoms with Crippen LogP contribution in [0.1, 0.15) is 22.5 Å². The average molecular weight is 421 g/mol. The number of aryl methyl sites for hydroxylation is 1. The molecule has 0 radical (unpaired) electrons. The summed E-state index contributed by atoms with van der Waals surface area (Å²) in [7, 11) is 1.15. The summed E-state index contributed by atoms with van der Waals surface area (Å²) in [5.41, 5.74) is -0.511. The monoisotopic (exact) mass is 420 g/mol. The number of aromatic amines is 1. The number of aromatic nitrogens is 1. The van der Waals surface area contributed by atoms with Gasteiger partial charge in [-0.15, -0.1) is 0 Å². The zero-order valence-corrected chi connectivity index (χ0v) is 16.5. The van der Waals surface area contributed by atoms with E-state index in [1.165, 1.54) is 0 Å². The van der Waals surface area contributed by atoms with E-state index in [4.69, 9.17) is 23.2 Å². The van der Waals surface area contributed by atoms with Crippen molar-refractivity contribution in [2.24, 2.45) is 0 Å². The minimum Gasteiger partial charge on any atom is -0.465 e. The van der Waals surface area contributed by atoms with E-state index in [-0.39, 0.29) is 12.1 Å². The molecular weight excluding hydrogens is 403 g/mol. The second-order valence-electron chi connectivity index (χ2n) is 6.33. The van der Waals surface area contributed by atoms with Gasteiger partial charge in [0.15, 0.2) is 0 Å². The van der Waals surface area contributed by atoms with Gasteiger partial charge in [0.25, 0.3) is 5.91 Å². The highest BCUT2D eigenvalue weighted by molar-refractivity contribution is 6.42. The van der Waals surface area contributed by atoms with Crippen molar-refractivity contribution >= 4 is 46.0 Å². The van der Waals surface area contributed by atoms with Crippen LogP contribution < -0.4 is 5.32 Å². The molecule has 0 aliphatic heterocycles. The van der Waals surface area contributed by atoms with Crippen LogP contribution in [0.25, 0.3) is 10.9 Å². The topological polar surface area (TPSA) is 91.4 Å². The van der Waals surface area contributed by atoms with Crippen LogP contribution in [0.4, 0.5) is 0 Å². The zero-order valence-electron chi connectivity index (χ0n) is 15.0. The molecule has 3 rings (SSSR count). The Morgan fingerprint density at radius 3 is 2.50 bits per heavy atom. The summed E-state index contributed by atoms with van der Waals surface area (Å²) in [6, 6.07) is 14.1. The van der Waals surface area contributed by atoms with Gasteiger partial charge in [0.2, 0.25) is 5.72 Å². The Morgan fingerprint density at radius 1 is 1.14 bits per heavy atom. The number of esters is 1. The first kappa shape index (κ1) is 20.2. The number of rotatable bonds is 6. The van der Waals surface area contributed by atoms with Crippen molar-refractivity contribution in [1.29, 1.82) is 0 Å². The third-order valence-corrected chi connectivity index (χ3v) is 5.09. The van der Waals surface area contributed by atoms with Crippen LogP contribution in [0.2, 0.25) is 10.0 Å². The number of halogens is 2. The fraction of sp³-hybridized carbons (Fsp3) is 0.200. The van der Waals surface area contributed by atoms with Crippen LogP contribution in [0.5, 0.6) is 0 Å². The van der Waals surface area contributed by atoms with Gasteiger partial charge in [-0.3, -0.25) is 4.79 Å². The number of ether oxygens (including phenoxy) is 1. The van der Waals surface area contributed by atoms with E-state index in [1.54, 1.807) is 18.2 Å². The number of nitrogens with one attached hydrogen (secondary N) is 2. The van der Waals surface area contributed by atoms with Crippen LogP contribution in [-0.2, 0) is 16.0 Å². The maximum Gasteiger partial charge on any atom is 0.359 e. The quantitative estimate of drug-likeness (QED) is 0.418. The minimum atomic E-state index is -2.17. The van der Waals surface area contributed by atoms with Crippen molar-refractivity contribution in [3.05, 3.63) is 69.8 Å². The fourth-order valence-electron chi connectivity index (χ4n) is 2.86.